The van der Waals surface area contributed by atoms with E-state index in [1.165, 1.54) is 0 Å². The van der Waals surface area contributed by atoms with Gasteiger partial charge < -0.3 is 20.6 Å². The monoisotopic (exact) mass is 287 g/mol. The van der Waals surface area contributed by atoms with Crippen LogP contribution in [-0.4, -0.2) is 54.2 Å². The Morgan fingerprint density at radius 2 is 1.80 bits per heavy atom. The van der Waals surface area contributed by atoms with Gasteiger partial charge in [0.2, 0.25) is 0 Å². The molecular formula is C14H29N3O3. The minimum atomic E-state index is -0.994. The van der Waals surface area contributed by atoms with Crippen molar-refractivity contribution in [3.63, 3.8) is 0 Å². The minimum absolute atomic E-state index is 0.0963. The molecule has 0 aromatic rings. The number of carboxylic acids is 1. The molecule has 0 aliphatic heterocycles. The zero-order chi connectivity index (χ0) is 15.7. The van der Waals surface area contributed by atoms with E-state index in [2.05, 4.69) is 29.4 Å². The Kier molecular flexibility index (Phi) is 8.96. The predicted molar refractivity (Wildman–Crippen MR) is 79.8 cm³/mol. The first-order chi connectivity index (χ1) is 9.33. The Labute approximate surface area is 121 Å². The summed E-state index contributed by atoms with van der Waals surface area (Å²) in [5, 5.41) is 14.3. The molecule has 2 amide bonds. The van der Waals surface area contributed by atoms with E-state index in [9.17, 15) is 9.59 Å². The first-order valence-electron chi connectivity index (χ1n) is 7.30. The highest BCUT2D eigenvalue weighted by molar-refractivity contribution is 5.82. The molecule has 0 fully saturated rings. The van der Waals surface area contributed by atoms with Gasteiger partial charge in [-0.3, -0.25) is 0 Å². The van der Waals surface area contributed by atoms with Crippen LogP contribution >= 0.6 is 0 Å². The molecule has 118 valence electrons. The molecule has 0 aromatic heterocycles. The van der Waals surface area contributed by atoms with Crippen molar-refractivity contribution in [2.24, 2.45) is 5.92 Å². The van der Waals surface area contributed by atoms with Crippen molar-refractivity contribution in [3.8, 4) is 0 Å². The third kappa shape index (κ3) is 6.75. The van der Waals surface area contributed by atoms with E-state index in [0.29, 0.717) is 19.0 Å². The topological polar surface area (TPSA) is 81.7 Å². The molecule has 0 heterocycles. The summed E-state index contributed by atoms with van der Waals surface area (Å²) in [6, 6.07) is -0.797. The summed E-state index contributed by atoms with van der Waals surface area (Å²) < 4.78 is 0. The van der Waals surface area contributed by atoms with Crippen LogP contribution in [0.2, 0.25) is 0 Å². The van der Waals surface area contributed by atoms with E-state index in [4.69, 9.17) is 5.11 Å². The molecule has 0 saturated carbocycles. The Morgan fingerprint density at radius 1 is 1.20 bits per heavy atom. The van der Waals surface area contributed by atoms with Gasteiger partial charge in [0.05, 0.1) is 0 Å². The molecular weight excluding hydrogens is 258 g/mol. The van der Waals surface area contributed by atoms with Gasteiger partial charge in [-0.05, 0) is 26.3 Å². The molecule has 0 aliphatic carbocycles. The zero-order valence-electron chi connectivity index (χ0n) is 13.3. The lowest BCUT2D eigenvalue weighted by molar-refractivity contribution is -0.140. The fraction of sp³-hybridized carbons (Fsp3) is 0.857. The van der Waals surface area contributed by atoms with E-state index in [1.807, 2.05) is 20.9 Å². The van der Waals surface area contributed by atoms with E-state index in [1.54, 1.807) is 0 Å². The second-order valence-corrected chi connectivity index (χ2v) is 5.34. The number of amides is 2. The van der Waals surface area contributed by atoms with Crippen LogP contribution in [0.4, 0.5) is 4.79 Å². The van der Waals surface area contributed by atoms with Crippen LogP contribution in [0.25, 0.3) is 0 Å². The lowest BCUT2D eigenvalue weighted by Crippen LogP contribution is -2.50. The molecule has 0 saturated heterocycles. The summed E-state index contributed by atoms with van der Waals surface area (Å²) in [5.41, 5.74) is 0. The fourth-order valence-corrected chi connectivity index (χ4v) is 1.75. The zero-order valence-corrected chi connectivity index (χ0v) is 13.3. The summed E-state index contributed by atoms with van der Waals surface area (Å²) in [5.74, 6) is -1.09. The highest BCUT2D eigenvalue weighted by atomic mass is 16.4. The number of hydrogen-bond donors (Lipinski definition) is 3. The van der Waals surface area contributed by atoms with Crippen molar-refractivity contribution < 1.29 is 14.7 Å². The Hall–Kier alpha value is -1.30. The van der Waals surface area contributed by atoms with Gasteiger partial charge in [-0.25, -0.2) is 9.59 Å². The Balaban J connectivity index is 4.12. The van der Waals surface area contributed by atoms with Gasteiger partial charge in [0.1, 0.15) is 6.04 Å². The third-order valence-electron chi connectivity index (χ3n) is 3.86. The molecule has 0 radical (unpaired) electrons. The van der Waals surface area contributed by atoms with Crippen LogP contribution in [0.15, 0.2) is 0 Å². The van der Waals surface area contributed by atoms with Crippen molar-refractivity contribution in [2.45, 2.75) is 52.6 Å². The van der Waals surface area contributed by atoms with Crippen molar-refractivity contribution in [1.29, 1.82) is 0 Å². The highest BCUT2D eigenvalue weighted by Crippen LogP contribution is 2.07. The lowest BCUT2D eigenvalue weighted by Gasteiger charge is -2.24. The van der Waals surface area contributed by atoms with Gasteiger partial charge in [-0.15, -0.1) is 0 Å². The summed E-state index contributed by atoms with van der Waals surface area (Å²) >= 11 is 0. The summed E-state index contributed by atoms with van der Waals surface area (Å²) in [6.07, 6.45) is 1.76. The number of aliphatic carboxylic acids is 1. The SMILES string of the molecule is CCC(C)N(C)CCNC(=O)N[C@H](C(=O)O)[C@@H](C)CC. The van der Waals surface area contributed by atoms with Gasteiger partial charge in [0.25, 0.3) is 0 Å². The second-order valence-electron chi connectivity index (χ2n) is 5.34. The molecule has 0 spiro atoms. The first kappa shape index (κ1) is 18.7. The van der Waals surface area contributed by atoms with Crippen LogP contribution in [-0.2, 0) is 4.79 Å². The van der Waals surface area contributed by atoms with Gasteiger partial charge >= 0.3 is 12.0 Å². The van der Waals surface area contributed by atoms with Crippen LogP contribution < -0.4 is 10.6 Å². The number of carbonyl (C=O) groups excluding carboxylic acids is 1. The van der Waals surface area contributed by atoms with Gasteiger partial charge in [-0.1, -0.05) is 27.2 Å². The molecule has 0 aliphatic rings. The normalized spacial score (nSPS) is 15.5. The third-order valence-corrected chi connectivity index (χ3v) is 3.86. The first-order valence-corrected chi connectivity index (χ1v) is 7.30. The largest absolute Gasteiger partial charge is 0.480 e. The van der Waals surface area contributed by atoms with Crippen molar-refractivity contribution >= 4 is 12.0 Å². The number of carboxylic acid groups (broad SMARTS) is 1. The van der Waals surface area contributed by atoms with E-state index < -0.39 is 18.0 Å². The fourth-order valence-electron chi connectivity index (χ4n) is 1.75. The lowest BCUT2D eigenvalue weighted by atomic mass is 9.99. The van der Waals surface area contributed by atoms with Crippen molar-refractivity contribution in [1.82, 2.24) is 15.5 Å². The molecule has 3 N–H and O–H groups in total. The van der Waals surface area contributed by atoms with E-state index >= 15 is 0 Å². The van der Waals surface area contributed by atoms with Gasteiger partial charge in [-0.2, -0.15) is 0 Å². The Bertz CT molecular complexity index is 310. The van der Waals surface area contributed by atoms with Gasteiger partial charge in [0.15, 0.2) is 0 Å². The number of hydrogen-bond acceptors (Lipinski definition) is 3. The number of urea groups is 1. The standard InChI is InChI=1S/C14H29N3O3/c1-6-10(3)12(13(18)19)16-14(20)15-8-9-17(5)11(4)7-2/h10-12H,6-9H2,1-5H3,(H,18,19)(H2,15,16,20)/t10-,11?,12-/m0/s1. The summed E-state index contributed by atoms with van der Waals surface area (Å²) in [7, 11) is 2.01. The smallest absolute Gasteiger partial charge is 0.326 e. The number of likely N-dealkylation sites (N-methyl/N-ethyl adjacent to an activating group) is 1. The van der Waals surface area contributed by atoms with Crippen LogP contribution in [0.5, 0.6) is 0 Å². The van der Waals surface area contributed by atoms with E-state index in [0.717, 1.165) is 13.0 Å². The molecule has 0 aromatic carbocycles. The maximum atomic E-state index is 11.7. The van der Waals surface area contributed by atoms with Gasteiger partial charge in [0, 0.05) is 19.1 Å². The molecule has 0 bridgehead atoms. The molecule has 6 heteroatoms. The van der Waals surface area contributed by atoms with E-state index in [-0.39, 0.29) is 5.92 Å². The summed E-state index contributed by atoms with van der Waals surface area (Å²) in [6.45, 7) is 9.20. The Morgan fingerprint density at radius 3 is 2.25 bits per heavy atom. The van der Waals surface area contributed by atoms with Crippen molar-refractivity contribution in [3.05, 3.63) is 0 Å². The number of carbonyl (C=O) groups is 2. The van der Waals surface area contributed by atoms with Crippen LogP contribution in [0, 0.1) is 5.92 Å². The highest BCUT2D eigenvalue weighted by Gasteiger charge is 2.25. The van der Waals surface area contributed by atoms with Crippen molar-refractivity contribution in [2.75, 3.05) is 20.1 Å². The minimum Gasteiger partial charge on any atom is -0.480 e. The second kappa shape index (κ2) is 9.58. The molecule has 0 rings (SSSR count). The quantitative estimate of drug-likeness (QED) is 0.600. The predicted octanol–water partition coefficient (Wildman–Crippen LogP) is 1.52. The van der Waals surface area contributed by atoms with Crippen LogP contribution in [0.3, 0.4) is 0 Å². The average Bonchev–Trinajstić information content (AvgIpc) is 2.42. The number of rotatable bonds is 9. The molecule has 1 unspecified atom stereocenters. The molecule has 20 heavy (non-hydrogen) atoms. The number of nitrogens with one attached hydrogen (secondary N) is 2. The average molecular weight is 287 g/mol. The van der Waals surface area contributed by atoms with Crippen LogP contribution in [0.1, 0.15) is 40.5 Å². The number of nitrogens with zero attached hydrogens (tertiary/aromatic N) is 1. The maximum absolute atomic E-state index is 11.7. The molecule has 3 atom stereocenters. The molecule has 6 nitrogen and oxygen atoms in total. The summed E-state index contributed by atoms with van der Waals surface area (Å²) in [4.78, 5) is 24.9. The maximum Gasteiger partial charge on any atom is 0.326 e.